The van der Waals surface area contributed by atoms with Crippen molar-refractivity contribution in [2.75, 3.05) is 0 Å². The molecular weight excluding hydrogens is 326 g/mol. The van der Waals surface area contributed by atoms with Crippen LogP contribution in [0.2, 0.25) is 0 Å². The quantitative estimate of drug-likeness (QED) is 0.464. The second kappa shape index (κ2) is 5.15. The van der Waals surface area contributed by atoms with Crippen LogP contribution < -0.4 is 0 Å². The maximum atomic E-state index is 13.0. The van der Waals surface area contributed by atoms with Gasteiger partial charge in [0.25, 0.3) is 0 Å². The van der Waals surface area contributed by atoms with Crippen molar-refractivity contribution in [1.82, 2.24) is 0 Å². The molecule has 0 aromatic heterocycles. The van der Waals surface area contributed by atoms with Crippen molar-refractivity contribution in [2.24, 2.45) is 11.8 Å². The van der Waals surface area contributed by atoms with Crippen molar-refractivity contribution in [3.8, 4) is 0 Å². The van der Waals surface area contributed by atoms with Crippen LogP contribution in [0, 0.1) is 11.8 Å². The summed E-state index contributed by atoms with van der Waals surface area (Å²) in [4.78, 5) is 10.3. The van der Waals surface area contributed by atoms with Crippen LogP contribution in [-0.4, -0.2) is 28.9 Å². The highest BCUT2D eigenvalue weighted by Crippen LogP contribution is 2.54. The molecule has 0 aliphatic heterocycles. The van der Waals surface area contributed by atoms with Crippen LogP contribution in [0.5, 0.6) is 0 Å². The van der Waals surface area contributed by atoms with Gasteiger partial charge in [-0.15, -0.1) is 0 Å². The number of hydrogen-bond donors (Lipinski definition) is 1. The lowest BCUT2D eigenvalue weighted by Crippen LogP contribution is -2.42. The zero-order valence-electron chi connectivity index (χ0n) is 10.0. The molecule has 3 rings (SSSR count). The van der Waals surface area contributed by atoms with Crippen molar-refractivity contribution >= 4 is 18.2 Å². The Hall–Kier alpha value is -1.32. The van der Waals surface area contributed by atoms with Gasteiger partial charge < -0.3 is 9.29 Å². The molecule has 3 unspecified atom stereocenters. The number of carbonyl (C=O) groups is 1. The van der Waals surface area contributed by atoms with E-state index in [0.29, 0.717) is 0 Å². The number of alkyl halides is 6. The lowest BCUT2D eigenvalue weighted by Gasteiger charge is -2.41. The Kier molecular flexibility index (Phi) is 3.94. The number of halogens is 6. The molecule has 0 heterocycles. The maximum absolute atomic E-state index is 13.0. The van der Waals surface area contributed by atoms with Crippen molar-refractivity contribution in [1.29, 1.82) is 0 Å². The summed E-state index contributed by atoms with van der Waals surface area (Å²) in [5.74, 6) is -3.02. The van der Waals surface area contributed by atoms with Gasteiger partial charge in [0.2, 0.25) is 0 Å². The van der Waals surface area contributed by atoms with Crippen molar-refractivity contribution in [2.45, 2.75) is 24.0 Å². The largest absolute Gasteiger partial charge is 0.518 e. The van der Waals surface area contributed by atoms with Crippen LogP contribution >= 0.6 is 12.0 Å². The van der Waals surface area contributed by atoms with Gasteiger partial charge in [0, 0.05) is 23.0 Å². The van der Waals surface area contributed by atoms with Gasteiger partial charge in [-0.2, -0.15) is 26.3 Å². The third-order valence-corrected chi connectivity index (χ3v) is 4.26. The van der Waals surface area contributed by atoms with Crippen LogP contribution in [0.3, 0.4) is 0 Å². The molecule has 21 heavy (non-hydrogen) atoms. The molecule has 0 amide bonds. The summed E-state index contributed by atoms with van der Waals surface area (Å²) in [5.41, 5.74) is -3.24. The van der Waals surface area contributed by atoms with Gasteiger partial charge in [0.05, 0.1) is 17.3 Å². The van der Waals surface area contributed by atoms with Gasteiger partial charge in [0.15, 0.2) is 0 Å². The minimum atomic E-state index is -5.14. The monoisotopic (exact) mass is 334 g/mol. The Labute approximate surface area is 118 Å². The van der Waals surface area contributed by atoms with Gasteiger partial charge in [-0.1, -0.05) is 12.2 Å². The number of rotatable bonds is 2. The molecule has 2 bridgehead atoms. The summed E-state index contributed by atoms with van der Waals surface area (Å²) in [5, 5.41) is 7.32. The fraction of sp³-hybridized carbons (Fsp3) is 0.545. The molecule has 0 aromatic rings. The topological polar surface area (TPSA) is 46.5 Å². The van der Waals surface area contributed by atoms with Crippen LogP contribution in [0.25, 0.3) is 0 Å². The van der Waals surface area contributed by atoms with Gasteiger partial charge in [-0.3, -0.25) is 0 Å². The summed E-state index contributed by atoms with van der Waals surface area (Å²) < 4.78 is 81.8. The van der Waals surface area contributed by atoms with E-state index >= 15 is 0 Å². The van der Waals surface area contributed by atoms with Crippen LogP contribution in [0.15, 0.2) is 23.3 Å². The highest BCUT2D eigenvalue weighted by Gasteiger charge is 2.56. The second-order valence-electron chi connectivity index (χ2n) is 4.56. The lowest BCUT2D eigenvalue weighted by atomic mass is 9.70. The van der Waals surface area contributed by atoms with Crippen LogP contribution in [-0.2, 0) is 4.18 Å². The summed E-state index contributed by atoms with van der Waals surface area (Å²) in [6, 6.07) is 0. The minimum Gasteiger partial charge on any atom is -0.449 e. The minimum absolute atomic E-state index is 0.249. The van der Waals surface area contributed by atoms with E-state index in [-0.39, 0.29) is 18.5 Å². The summed E-state index contributed by atoms with van der Waals surface area (Å²) >= 11 is 0.249. The highest BCUT2D eigenvalue weighted by molar-refractivity contribution is 7.95. The first kappa shape index (κ1) is 16.1. The third kappa shape index (κ3) is 3.14. The SMILES string of the molecule is O=C(O)OSC1CC2C=CC1C(C(F)(F)F)=C2C(F)(F)F. The fourth-order valence-electron chi connectivity index (χ4n) is 2.64. The van der Waals surface area contributed by atoms with Crippen LogP contribution in [0.4, 0.5) is 31.1 Å². The fourth-order valence-corrected chi connectivity index (χ4v) is 3.47. The number of allylic oxidation sites excluding steroid dienone is 4. The van der Waals surface area contributed by atoms with E-state index < -0.39 is 46.7 Å². The van der Waals surface area contributed by atoms with Gasteiger partial charge >= 0.3 is 18.5 Å². The summed E-state index contributed by atoms with van der Waals surface area (Å²) in [7, 11) is 0. The highest BCUT2D eigenvalue weighted by atomic mass is 32.2. The first-order chi connectivity index (χ1) is 9.51. The zero-order valence-corrected chi connectivity index (χ0v) is 10.9. The number of hydrogen-bond acceptors (Lipinski definition) is 3. The van der Waals surface area contributed by atoms with Gasteiger partial charge in [-0.05, 0) is 6.42 Å². The molecule has 0 aromatic carbocycles. The first-order valence-electron chi connectivity index (χ1n) is 5.65. The lowest BCUT2D eigenvalue weighted by molar-refractivity contribution is -0.127. The van der Waals surface area contributed by atoms with Crippen molar-refractivity contribution < 1.29 is 40.4 Å². The summed E-state index contributed by atoms with van der Waals surface area (Å²) in [6.07, 6.45) is -10.1. The third-order valence-electron chi connectivity index (χ3n) is 3.29. The molecule has 1 N–H and O–H groups in total. The molecular formula is C11H8F6O3S. The van der Waals surface area contributed by atoms with E-state index in [1.165, 1.54) is 0 Å². The Balaban J connectivity index is 2.40. The van der Waals surface area contributed by atoms with E-state index in [2.05, 4.69) is 4.18 Å². The van der Waals surface area contributed by atoms with E-state index in [9.17, 15) is 31.1 Å². The molecule has 3 aliphatic carbocycles. The maximum Gasteiger partial charge on any atom is 0.518 e. The van der Waals surface area contributed by atoms with E-state index in [1.807, 2.05) is 0 Å². The van der Waals surface area contributed by atoms with Crippen LogP contribution in [0.1, 0.15) is 6.42 Å². The predicted octanol–water partition coefficient (Wildman–Crippen LogP) is 4.32. The summed E-state index contributed by atoms with van der Waals surface area (Å²) in [6.45, 7) is 0. The average Bonchev–Trinajstić information content (AvgIpc) is 2.33. The molecule has 0 fully saturated rings. The Bertz CT molecular complexity index is 507. The molecule has 0 radical (unpaired) electrons. The van der Waals surface area contributed by atoms with E-state index in [4.69, 9.17) is 5.11 Å². The standard InChI is InChI=1S/C11H8F6O3S/c12-10(13,14)7-4-1-2-5(8(7)11(15,16)17)6(3-4)21-20-9(18)19/h1-2,4-6H,3H2,(H,18,19). The van der Waals surface area contributed by atoms with Gasteiger partial charge in [0.1, 0.15) is 0 Å². The Morgan fingerprint density at radius 2 is 1.71 bits per heavy atom. The molecule has 118 valence electrons. The molecule has 0 saturated heterocycles. The van der Waals surface area contributed by atoms with Crippen molar-refractivity contribution in [3.05, 3.63) is 23.3 Å². The van der Waals surface area contributed by atoms with Gasteiger partial charge in [-0.25, -0.2) is 4.79 Å². The molecule has 3 atom stereocenters. The molecule has 10 heteroatoms. The first-order valence-corrected chi connectivity index (χ1v) is 6.45. The predicted molar refractivity (Wildman–Crippen MR) is 60.4 cm³/mol. The van der Waals surface area contributed by atoms with E-state index in [0.717, 1.165) is 12.2 Å². The molecule has 3 aliphatic rings. The number of carboxylic acid groups (broad SMARTS) is 1. The van der Waals surface area contributed by atoms with E-state index in [1.54, 1.807) is 0 Å². The molecule has 0 spiro atoms. The zero-order chi connectivity index (χ0) is 16.0. The number of fused-ring (bicyclic) bond motifs is 1. The smallest absolute Gasteiger partial charge is 0.449 e. The normalized spacial score (nSPS) is 29.0. The second-order valence-corrected chi connectivity index (χ2v) is 5.52. The average molecular weight is 334 g/mol. The molecule has 0 saturated carbocycles. The Morgan fingerprint density at radius 1 is 1.14 bits per heavy atom. The molecule has 3 nitrogen and oxygen atoms in total. The van der Waals surface area contributed by atoms with Crippen molar-refractivity contribution in [3.63, 3.8) is 0 Å². The Morgan fingerprint density at radius 3 is 2.19 bits per heavy atom.